The Labute approximate surface area is 155 Å². The fourth-order valence-electron chi connectivity index (χ4n) is 2.23. The second kappa shape index (κ2) is 7.40. The average molecular weight is 422 g/mol. The molecule has 0 unspecified atom stereocenters. The quantitative estimate of drug-likeness (QED) is 0.443. The second-order valence-corrected chi connectivity index (χ2v) is 6.13. The van der Waals surface area contributed by atoms with E-state index in [0.717, 1.165) is 12.3 Å². The maximum absolute atomic E-state index is 12.1. The molecule has 0 saturated heterocycles. The minimum Gasteiger partial charge on any atom is -0.502 e. The molecule has 0 bridgehead atoms. The average Bonchev–Trinajstić information content (AvgIpc) is 2.63. The summed E-state index contributed by atoms with van der Waals surface area (Å²) in [4.78, 5) is 22.3. The van der Waals surface area contributed by atoms with Gasteiger partial charge in [0.1, 0.15) is 6.61 Å². The Morgan fingerprint density at radius 2 is 2.12 bits per heavy atom. The molecular weight excluding hydrogens is 410 g/mol. The van der Waals surface area contributed by atoms with Gasteiger partial charge in [0, 0.05) is 16.1 Å². The number of nitrogens with zero attached hydrogens (tertiary/aromatic N) is 2. The predicted molar refractivity (Wildman–Crippen MR) is 94.6 cm³/mol. The molecule has 3 rings (SSSR count). The highest BCUT2D eigenvalue weighted by Crippen LogP contribution is 2.32. The first kappa shape index (κ1) is 17.7. The van der Waals surface area contributed by atoms with E-state index in [-0.39, 0.29) is 12.2 Å². The Kier molecular flexibility index (Phi) is 5.03. The van der Waals surface area contributed by atoms with E-state index in [0.29, 0.717) is 16.0 Å². The highest BCUT2D eigenvalue weighted by molar-refractivity contribution is 9.10. The van der Waals surface area contributed by atoms with Crippen LogP contribution in [0.15, 0.2) is 46.0 Å². The summed E-state index contributed by atoms with van der Waals surface area (Å²) >= 11 is 3.11. The summed E-state index contributed by atoms with van der Waals surface area (Å²) in [6.07, 6.45) is 0.204. The molecule has 1 heterocycles. The number of phenolic OH excluding ortho intramolecular Hbond substituents is 1. The van der Waals surface area contributed by atoms with Crippen molar-refractivity contribution >= 4 is 33.7 Å². The highest BCUT2D eigenvalue weighted by Gasteiger charge is 2.27. The highest BCUT2D eigenvalue weighted by atomic mass is 79.9. The molecule has 9 nitrogen and oxygen atoms in total. The third-order valence-corrected chi connectivity index (χ3v) is 3.92. The van der Waals surface area contributed by atoms with Crippen LogP contribution in [0.25, 0.3) is 0 Å². The van der Waals surface area contributed by atoms with E-state index in [1.807, 2.05) is 0 Å². The van der Waals surface area contributed by atoms with Gasteiger partial charge in [-0.2, -0.15) is 5.10 Å². The number of hydrogen-bond donors (Lipinski definition) is 2. The molecule has 0 fully saturated rings. The molecule has 0 saturated carbocycles. The number of ether oxygens (including phenoxy) is 2. The van der Waals surface area contributed by atoms with Crippen molar-refractivity contribution in [2.24, 2.45) is 5.10 Å². The van der Waals surface area contributed by atoms with Crippen molar-refractivity contribution in [2.45, 2.75) is 6.10 Å². The van der Waals surface area contributed by atoms with Crippen molar-refractivity contribution < 1.29 is 24.3 Å². The van der Waals surface area contributed by atoms with Crippen LogP contribution in [0.4, 0.5) is 5.69 Å². The molecule has 0 radical (unpaired) electrons. The Hall–Kier alpha value is -3.14. The number of aromatic hydroxyl groups is 1. The number of fused-ring (bicyclic) bond motifs is 1. The van der Waals surface area contributed by atoms with Gasteiger partial charge in [-0.3, -0.25) is 14.9 Å². The van der Waals surface area contributed by atoms with Crippen LogP contribution in [0.2, 0.25) is 0 Å². The number of benzene rings is 2. The van der Waals surface area contributed by atoms with Crippen LogP contribution in [0.3, 0.4) is 0 Å². The molecule has 1 aliphatic heterocycles. The van der Waals surface area contributed by atoms with Crippen LogP contribution >= 0.6 is 15.9 Å². The molecule has 134 valence electrons. The van der Waals surface area contributed by atoms with Crippen LogP contribution in [-0.4, -0.2) is 34.9 Å². The van der Waals surface area contributed by atoms with E-state index >= 15 is 0 Å². The minimum atomic E-state index is -0.896. The van der Waals surface area contributed by atoms with Gasteiger partial charge in [0.05, 0.1) is 11.1 Å². The van der Waals surface area contributed by atoms with Crippen molar-refractivity contribution in [3.05, 3.63) is 56.5 Å². The summed E-state index contributed by atoms with van der Waals surface area (Å²) in [6, 6.07) is 9.53. The van der Waals surface area contributed by atoms with Gasteiger partial charge in [0.25, 0.3) is 5.91 Å². The third-order valence-electron chi connectivity index (χ3n) is 3.46. The normalized spacial score (nSPS) is 15.7. The number of halogens is 1. The molecule has 1 aliphatic rings. The maximum atomic E-state index is 12.1. The number of amides is 1. The van der Waals surface area contributed by atoms with Gasteiger partial charge in [-0.1, -0.05) is 28.1 Å². The van der Waals surface area contributed by atoms with Crippen molar-refractivity contribution in [1.29, 1.82) is 0 Å². The number of carbonyl (C=O) groups excluding carboxylic acids is 1. The van der Waals surface area contributed by atoms with Crippen molar-refractivity contribution in [3.8, 4) is 17.2 Å². The van der Waals surface area contributed by atoms with Crippen LogP contribution < -0.4 is 14.9 Å². The van der Waals surface area contributed by atoms with Crippen LogP contribution in [0.1, 0.15) is 5.56 Å². The molecule has 0 aliphatic carbocycles. The Bertz CT molecular complexity index is 902. The van der Waals surface area contributed by atoms with Crippen LogP contribution in [0, 0.1) is 10.1 Å². The summed E-state index contributed by atoms with van der Waals surface area (Å²) in [5, 5.41) is 24.5. The number of hydrogen-bond acceptors (Lipinski definition) is 7. The summed E-state index contributed by atoms with van der Waals surface area (Å²) in [7, 11) is 0. The van der Waals surface area contributed by atoms with Crippen molar-refractivity contribution in [2.75, 3.05) is 6.61 Å². The van der Waals surface area contributed by atoms with E-state index in [9.17, 15) is 20.0 Å². The molecule has 0 aromatic heterocycles. The number of rotatable bonds is 4. The first-order valence-corrected chi connectivity index (χ1v) is 8.13. The molecule has 26 heavy (non-hydrogen) atoms. The number of nitrogens with one attached hydrogen (secondary N) is 1. The van der Waals surface area contributed by atoms with Crippen molar-refractivity contribution in [3.63, 3.8) is 0 Å². The molecule has 1 atom stereocenters. The fourth-order valence-corrected chi connectivity index (χ4v) is 2.69. The smallest absolute Gasteiger partial charge is 0.312 e. The lowest BCUT2D eigenvalue weighted by Gasteiger charge is -2.24. The molecule has 2 N–H and O–H groups in total. The van der Waals surface area contributed by atoms with Gasteiger partial charge >= 0.3 is 5.69 Å². The predicted octanol–water partition coefficient (Wildman–Crippen LogP) is 2.35. The number of carbonyl (C=O) groups is 1. The number of nitro groups is 1. The van der Waals surface area contributed by atoms with Crippen LogP contribution in [-0.2, 0) is 4.79 Å². The molecular formula is C16H12BrN3O6. The summed E-state index contributed by atoms with van der Waals surface area (Å²) < 4.78 is 11.4. The second-order valence-electron chi connectivity index (χ2n) is 5.22. The zero-order valence-corrected chi connectivity index (χ0v) is 14.7. The zero-order valence-electron chi connectivity index (χ0n) is 13.1. The monoisotopic (exact) mass is 421 g/mol. The summed E-state index contributed by atoms with van der Waals surface area (Å²) in [6.45, 7) is 0.0198. The topological polar surface area (TPSA) is 123 Å². The lowest BCUT2D eigenvalue weighted by atomic mass is 10.2. The van der Waals surface area contributed by atoms with Gasteiger partial charge < -0.3 is 14.6 Å². The molecule has 10 heteroatoms. The Balaban J connectivity index is 1.68. The van der Waals surface area contributed by atoms with E-state index in [2.05, 4.69) is 26.5 Å². The Morgan fingerprint density at radius 3 is 2.85 bits per heavy atom. The van der Waals surface area contributed by atoms with Crippen LogP contribution in [0.5, 0.6) is 17.2 Å². The summed E-state index contributed by atoms with van der Waals surface area (Å²) in [5.41, 5.74) is 1.84. The fraction of sp³-hybridized carbons (Fsp3) is 0.125. The number of hydrazone groups is 1. The maximum Gasteiger partial charge on any atom is 0.312 e. The lowest BCUT2D eigenvalue weighted by Crippen LogP contribution is -2.42. The van der Waals surface area contributed by atoms with E-state index in [4.69, 9.17) is 9.47 Å². The molecule has 2 aromatic rings. The zero-order chi connectivity index (χ0) is 18.7. The first-order chi connectivity index (χ1) is 12.5. The standard InChI is InChI=1S/C16H12BrN3O6/c17-10-5-9(15(21)11(6-10)20(23)24)7-18-19-16(22)14-8-25-12-3-1-2-4-13(12)26-14/h1-7,14,21H,8H2,(H,19,22)/t14-/m1/s1. The van der Waals surface area contributed by atoms with E-state index < -0.39 is 28.4 Å². The first-order valence-electron chi connectivity index (χ1n) is 7.34. The largest absolute Gasteiger partial charge is 0.502 e. The van der Waals surface area contributed by atoms with Gasteiger partial charge in [-0.05, 0) is 18.2 Å². The number of nitro benzene ring substituents is 1. The molecule has 1 amide bonds. The third kappa shape index (κ3) is 3.75. The van der Waals surface area contributed by atoms with Gasteiger partial charge in [0.2, 0.25) is 11.9 Å². The lowest BCUT2D eigenvalue weighted by molar-refractivity contribution is -0.385. The molecule has 2 aromatic carbocycles. The van der Waals surface area contributed by atoms with E-state index in [1.54, 1.807) is 24.3 Å². The SMILES string of the molecule is O=C(NN=Cc1cc(Br)cc([N+](=O)[O-])c1O)[C@H]1COc2ccccc2O1. The van der Waals surface area contributed by atoms with Gasteiger partial charge in [-0.25, -0.2) is 5.43 Å². The minimum absolute atomic E-state index is 0.0198. The van der Waals surface area contributed by atoms with Gasteiger partial charge in [-0.15, -0.1) is 0 Å². The summed E-state index contributed by atoms with van der Waals surface area (Å²) in [5.74, 6) is -0.114. The number of phenols is 1. The van der Waals surface area contributed by atoms with E-state index in [1.165, 1.54) is 6.07 Å². The van der Waals surface area contributed by atoms with Gasteiger partial charge in [0.15, 0.2) is 11.5 Å². The number of para-hydroxylation sites is 2. The van der Waals surface area contributed by atoms with Crippen molar-refractivity contribution in [1.82, 2.24) is 5.43 Å². The molecule has 0 spiro atoms. The Morgan fingerprint density at radius 1 is 1.38 bits per heavy atom.